The number of rotatable bonds is 6. The van der Waals surface area contributed by atoms with Crippen LogP contribution in [-0.2, 0) is 4.79 Å². The normalized spacial score (nSPS) is 20.0. The van der Waals surface area contributed by atoms with E-state index >= 15 is 0 Å². The molecular formula is C17H26N2O2. The molecule has 116 valence electrons. The zero-order chi connectivity index (χ0) is 15.4. The summed E-state index contributed by atoms with van der Waals surface area (Å²) in [5.74, 6) is 1.36. The van der Waals surface area contributed by atoms with E-state index in [1.165, 1.54) is 6.42 Å². The van der Waals surface area contributed by atoms with Crippen LogP contribution in [0.4, 0.5) is 11.4 Å². The number of nitrogens with one attached hydrogen (secondary N) is 2. The van der Waals surface area contributed by atoms with Gasteiger partial charge in [-0.05, 0) is 43.9 Å². The van der Waals surface area contributed by atoms with Crippen molar-refractivity contribution >= 4 is 17.3 Å². The molecule has 3 unspecified atom stereocenters. The third kappa shape index (κ3) is 3.90. The standard InChI is InChI=1S/C17H26N2O2/c1-5-11(3)9-13(6-2)18-14-7-8-16-15(10-14)19-17(20)12(4)21-16/h7-8,10-13,18H,5-6,9H2,1-4H3,(H,19,20). The summed E-state index contributed by atoms with van der Waals surface area (Å²) in [5.41, 5.74) is 1.78. The molecule has 4 nitrogen and oxygen atoms in total. The Morgan fingerprint density at radius 2 is 2.10 bits per heavy atom. The minimum absolute atomic E-state index is 0.0914. The minimum atomic E-state index is -0.426. The molecule has 0 bridgehead atoms. The summed E-state index contributed by atoms with van der Waals surface area (Å²) in [6, 6.07) is 6.35. The molecule has 0 saturated heterocycles. The van der Waals surface area contributed by atoms with Gasteiger partial charge in [0.15, 0.2) is 6.10 Å². The molecule has 0 aromatic heterocycles. The number of anilines is 2. The summed E-state index contributed by atoms with van der Waals surface area (Å²) in [6.07, 6.45) is 3.01. The largest absolute Gasteiger partial charge is 0.479 e. The van der Waals surface area contributed by atoms with Crippen molar-refractivity contribution in [1.82, 2.24) is 0 Å². The fraction of sp³-hybridized carbons (Fsp3) is 0.588. The highest BCUT2D eigenvalue weighted by atomic mass is 16.5. The van der Waals surface area contributed by atoms with Crippen molar-refractivity contribution in [1.29, 1.82) is 0 Å². The number of ether oxygens (including phenoxy) is 1. The lowest BCUT2D eigenvalue weighted by molar-refractivity contribution is -0.122. The second-order valence-electron chi connectivity index (χ2n) is 5.96. The average molecular weight is 290 g/mol. The molecule has 21 heavy (non-hydrogen) atoms. The Morgan fingerprint density at radius 3 is 2.76 bits per heavy atom. The predicted molar refractivity (Wildman–Crippen MR) is 86.9 cm³/mol. The molecule has 2 rings (SSSR count). The number of amides is 1. The van der Waals surface area contributed by atoms with Gasteiger partial charge in [0.2, 0.25) is 0 Å². The molecule has 2 N–H and O–H groups in total. The Labute approximate surface area is 127 Å². The number of benzene rings is 1. The molecule has 1 heterocycles. The van der Waals surface area contributed by atoms with Crippen LogP contribution in [0.1, 0.15) is 47.0 Å². The topological polar surface area (TPSA) is 50.4 Å². The van der Waals surface area contributed by atoms with Crippen LogP contribution in [0, 0.1) is 5.92 Å². The lowest BCUT2D eigenvalue weighted by atomic mass is 9.97. The van der Waals surface area contributed by atoms with Gasteiger partial charge in [-0.3, -0.25) is 4.79 Å². The van der Waals surface area contributed by atoms with Crippen molar-refractivity contribution < 1.29 is 9.53 Å². The van der Waals surface area contributed by atoms with Gasteiger partial charge in [-0.1, -0.05) is 27.2 Å². The first kappa shape index (κ1) is 15.7. The van der Waals surface area contributed by atoms with Gasteiger partial charge in [-0.15, -0.1) is 0 Å². The van der Waals surface area contributed by atoms with Crippen LogP contribution in [0.15, 0.2) is 18.2 Å². The first-order valence-electron chi connectivity index (χ1n) is 7.91. The minimum Gasteiger partial charge on any atom is -0.479 e. The van der Waals surface area contributed by atoms with Crippen LogP contribution < -0.4 is 15.4 Å². The van der Waals surface area contributed by atoms with Gasteiger partial charge < -0.3 is 15.4 Å². The van der Waals surface area contributed by atoms with E-state index in [9.17, 15) is 4.79 Å². The first-order chi connectivity index (χ1) is 10.0. The van der Waals surface area contributed by atoms with Crippen LogP contribution in [0.2, 0.25) is 0 Å². The Kier molecular flexibility index (Phi) is 5.10. The van der Waals surface area contributed by atoms with Gasteiger partial charge in [0.1, 0.15) is 5.75 Å². The zero-order valence-corrected chi connectivity index (χ0v) is 13.4. The third-order valence-corrected chi connectivity index (χ3v) is 4.16. The Balaban J connectivity index is 2.07. The molecule has 1 amide bonds. The monoisotopic (exact) mass is 290 g/mol. The molecule has 0 spiro atoms. The van der Waals surface area contributed by atoms with Crippen molar-refractivity contribution in [3.63, 3.8) is 0 Å². The highest BCUT2D eigenvalue weighted by Crippen LogP contribution is 2.32. The van der Waals surface area contributed by atoms with E-state index in [0.29, 0.717) is 12.0 Å². The van der Waals surface area contributed by atoms with E-state index in [1.807, 2.05) is 18.2 Å². The highest BCUT2D eigenvalue weighted by Gasteiger charge is 2.23. The number of fused-ring (bicyclic) bond motifs is 1. The van der Waals surface area contributed by atoms with Gasteiger partial charge in [-0.2, -0.15) is 0 Å². The first-order valence-corrected chi connectivity index (χ1v) is 7.91. The number of hydrogen-bond acceptors (Lipinski definition) is 3. The molecule has 0 saturated carbocycles. The summed E-state index contributed by atoms with van der Waals surface area (Å²) in [7, 11) is 0. The number of hydrogen-bond donors (Lipinski definition) is 2. The SMILES string of the molecule is CCC(C)CC(CC)Nc1ccc2c(c1)NC(=O)C(C)O2. The molecule has 1 aliphatic rings. The smallest absolute Gasteiger partial charge is 0.265 e. The molecule has 3 atom stereocenters. The maximum absolute atomic E-state index is 11.7. The Bertz CT molecular complexity index is 502. The average Bonchev–Trinajstić information content (AvgIpc) is 2.47. The van der Waals surface area contributed by atoms with E-state index in [4.69, 9.17) is 4.74 Å². The summed E-state index contributed by atoms with van der Waals surface area (Å²) >= 11 is 0. The molecule has 4 heteroatoms. The molecule has 0 aliphatic carbocycles. The van der Waals surface area contributed by atoms with E-state index in [2.05, 4.69) is 31.4 Å². The molecule has 0 radical (unpaired) electrons. The quantitative estimate of drug-likeness (QED) is 0.831. The maximum atomic E-state index is 11.7. The van der Waals surface area contributed by atoms with Crippen LogP contribution in [0.3, 0.4) is 0 Å². The highest BCUT2D eigenvalue weighted by molar-refractivity contribution is 5.98. The maximum Gasteiger partial charge on any atom is 0.265 e. The van der Waals surface area contributed by atoms with Crippen molar-refractivity contribution in [2.45, 2.75) is 59.1 Å². The van der Waals surface area contributed by atoms with Crippen LogP contribution >= 0.6 is 0 Å². The molecule has 0 fully saturated rings. The Hall–Kier alpha value is -1.71. The van der Waals surface area contributed by atoms with Gasteiger partial charge in [0.25, 0.3) is 5.91 Å². The van der Waals surface area contributed by atoms with Crippen molar-refractivity contribution in [3.8, 4) is 5.75 Å². The molecule has 1 aliphatic heterocycles. The van der Waals surface area contributed by atoms with Crippen LogP contribution in [-0.4, -0.2) is 18.1 Å². The Morgan fingerprint density at radius 1 is 1.33 bits per heavy atom. The van der Waals surface area contributed by atoms with Crippen molar-refractivity contribution in [2.75, 3.05) is 10.6 Å². The summed E-state index contributed by atoms with van der Waals surface area (Å²) in [6.45, 7) is 8.46. The van der Waals surface area contributed by atoms with Gasteiger partial charge >= 0.3 is 0 Å². The molecular weight excluding hydrogens is 264 g/mol. The summed E-state index contributed by atoms with van der Waals surface area (Å²) < 4.78 is 5.57. The second kappa shape index (κ2) is 6.83. The lowest BCUT2D eigenvalue weighted by Gasteiger charge is -2.25. The van der Waals surface area contributed by atoms with Gasteiger partial charge in [0.05, 0.1) is 5.69 Å². The zero-order valence-electron chi connectivity index (χ0n) is 13.4. The number of carbonyl (C=O) groups is 1. The van der Waals surface area contributed by atoms with Crippen molar-refractivity contribution in [2.24, 2.45) is 5.92 Å². The number of carbonyl (C=O) groups excluding carboxylic acids is 1. The summed E-state index contributed by atoms with van der Waals surface area (Å²) in [4.78, 5) is 11.7. The predicted octanol–water partition coefficient (Wildman–Crippen LogP) is 4.03. The van der Waals surface area contributed by atoms with Crippen molar-refractivity contribution in [3.05, 3.63) is 18.2 Å². The van der Waals surface area contributed by atoms with E-state index < -0.39 is 6.10 Å². The third-order valence-electron chi connectivity index (χ3n) is 4.16. The fourth-order valence-corrected chi connectivity index (χ4v) is 2.51. The second-order valence-corrected chi connectivity index (χ2v) is 5.96. The van der Waals surface area contributed by atoms with E-state index in [-0.39, 0.29) is 5.91 Å². The van der Waals surface area contributed by atoms with E-state index in [1.54, 1.807) is 6.92 Å². The molecule has 1 aromatic rings. The molecule has 1 aromatic carbocycles. The summed E-state index contributed by atoms with van der Waals surface area (Å²) in [5, 5.41) is 6.45. The van der Waals surface area contributed by atoms with Crippen LogP contribution in [0.25, 0.3) is 0 Å². The lowest BCUT2D eigenvalue weighted by Crippen LogP contribution is -2.34. The fourth-order valence-electron chi connectivity index (χ4n) is 2.51. The van der Waals surface area contributed by atoms with Gasteiger partial charge in [-0.25, -0.2) is 0 Å². The van der Waals surface area contributed by atoms with Gasteiger partial charge in [0, 0.05) is 11.7 Å². The van der Waals surface area contributed by atoms with E-state index in [0.717, 1.165) is 30.0 Å². The van der Waals surface area contributed by atoms with Crippen LogP contribution in [0.5, 0.6) is 5.75 Å².